The summed E-state index contributed by atoms with van der Waals surface area (Å²) in [5.41, 5.74) is -0.446. The van der Waals surface area contributed by atoms with Gasteiger partial charge in [0.25, 0.3) is 0 Å². The van der Waals surface area contributed by atoms with Gasteiger partial charge in [-0.1, -0.05) is 0 Å². The third-order valence-electron chi connectivity index (χ3n) is 3.36. The van der Waals surface area contributed by atoms with Crippen molar-refractivity contribution in [2.75, 3.05) is 6.26 Å². The lowest BCUT2D eigenvalue weighted by Gasteiger charge is -2.08. The molecule has 2 aromatic heterocycles. The van der Waals surface area contributed by atoms with E-state index in [2.05, 4.69) is 15.0 Å². The number of benzene rings is 1. The zero-order chi connectivity index (χ0) is 18.2. The number of sulfone groups is 1. The smallest absolute Gasteiger partial charge is 0.299 e. The Morgan fingerprint density at radius 2 is 1.64 bits per heavy atom. The molecule has 0 aliphatic carbocycles. The maximum absolute atomic E-state index is 13.0. The van der Waals surface area contributed by atoms with Crippen molar-refractivity contribution in [3.8, 4) is 17.1 Å². The molecule has 0 aliphatic heterocycles. The highest BCUT2D eigenvalue weighted by Gasteiger charge is 2.35. The molecule has 0 atom stereocenters. The molecule has 0 aliphatic rings. The summed E-state index contributed by atoms with van der Waals surface area (Å²) in [7, 11) is -3.41. The minimum absolute atomic E-state index is 0.0000283. The number of imidazole rings is 1. The van der Waals surface area contributed by atoms with Crippen LogP contribution in [-0.4, -0.2) is 34.2 Å². The largest absolute Gasteiger partial charge is 0.434 e. The molecule has 3 aromatic rings. The first-order valence-electron chi connectivity index (χ1n) is 6.89. The fourth-order valence-electron chi connectivity index (χ4n) is 2.19. The van der Waals surface area contributed by atoms with Gasteiger partial charge in [-0.3, -0.25) is 4.57 Å². The Morgan fingerprint density at radius 1 is 1.04 bits per heavy atom. The number of aromatic nitrogens is 4. The van der Waals surface area contributed by atoms with Crippen molar-refractivity contribution in [3.05, 3.63) is 54.9 Å². The highest BCUT2D eigenvalue weighted by atomic mass is 32.2. The molecule has 0 spiro atoms. The van der Waals surface area contributed by atoms with Gasteiger partial charge in [0.2, 0.25) is 0 Å². The number of hydrogen-bond acceptors (Lipinski definition) is 5. The monoisotopic (exact) mass is 368 g/mol. The lowest BCUT2D eigenvalue weighted by Crippen LogP contribution is -2.05. The Bertz CT molecular complexity index is 998. The second-order valence-electron chi connectivity index (χ2n) is 5.21. The molecular formula is C15H11F3N4O2S. The first-order chi connectivity index (χ1) is 11.7. The van der Waals surface area contributed by atoms with E-state index in [9.17, 15) is 21.6 Å². The lowest BCUT2D eigenvalue weighted by atomic mass is 10.3. The summed E-state index contributed by atoms with van der Waals surface area (Å²) < 4.78 is 63.4. The van der Waals surface area contributed by atoms with Crippen LogP contribution in [0.25, 0.3) is 17.1 Å². The molecule has 1 aromatic carbocycles. The van der Waals surface area contributed by atoms with E-state index in [1.807, 2.05) is 0 Å². The van der Waals surface area contributed by atoms with E-state index in [-0.39, 0.29) is 10.7 Å². The Kier molecular flexibility index (Phi) is 4.07. The highest BCUT2D eigenvalue weighted by molar-refractivity contribution is 7.90. The molecule has 10 heteroatoms. The van der Waals surface area contributed by atoms with Gasteiger partial charge >= 0.3 is 6.18 Å². The van der Waals surface area contributed by atoms with E-state index >= 15 is 0 Å². The molecule has 0 saturated heterocycles. The summed E-state index contributed by atoms with van der Waals surface area (Å²) >= 11 is 0. The maximum Gasteiger partial charge on any atom is 0.434 e. The summed E-state index contributed by atoms with van der Waals surface area (Å²) in [5, 5.41) is 0. The van der Waals surface area contributed by atoms with Gasteiger partial charge in [0, 0.05) is 30.5 Å². The Hall–Kier alpha value is -2.75. The SMILES string of the molecule is CS(=O)(=O)c1ccc(-n2cc(C(F)(F)F)nc2-c2cncnc2)cc1. The Labute approximate surface area is 140 Å². The van der Waals surface area contributed by atoms with Crippen LogP contribution < -0.4 is 0 Å². The standard InChI is InChI=1S/C15H11F3N4O2S/c1-25(23,24)12-4-2-11(3-5-12)22-8-13(15(16,17)18)21-14(22)10-6-19-9-20-7-10/h2-9H,1H3. The average Bonchev–Trinajstić information content (AvgIpc) is 3.00. The molecule has 0 bridgehead atoms. The van der Waals surface area contributed by atoms with Crippen molar-refractivity contribution in [2.24, 2.45) is 0 Å². The van der Waals surface area contributed by atoms with Gasteiger partial charge in [-0.25, -0.2) is 23.4 Å². The molecule has 3 rings (SSSR count). The minimum Gasteiger partial charge on any atom is -0.299 e. The van der Waals surface area contributed by atoms with Gasteiger partial charge in [-0.2, -0.15) is 13.2 Å². The Morgan fingerprint density at radius 3 is 2.16 bits per heavy atom. The molecule has 6 nitrogen and oxygen atoms in total. The summed E-state index contributed by atoms with van der Waals surface area (Å²) in [5.74, 6) is 0.0000283. The van der Waals surface area contributed by atoms with Crippen LogP contribution in [0.15, 0.2) is 54.1 Å². The number of hydrogen-bond donors (Lipinski definition) is 0. The second kappa shape index (κ2) is 5.96. The molecule has 0 amide bonds. The Balaban J connectivity index is 2.16. The number of rotatable bonds is 3. The van der Waals surface area contributed by atoms with Crippen molar-refractivity contribution < 1.29 is 21.6 Å². The van der Waals surface area contributed by atoms with Crippen molar-refractivity contribution in [1.29, 1.82) is 0 Å². The van der Waals surface area contributed by atoms with Crippen LogP contribution in [0.3, 0.4) is 0 Å². The number of halogens is 3. The quantitative estimate of drug-likeness (QED) is 0.710. The molecule has 130 valence electrons. The predicted octanol–water partition coefficient (Wildman–Crippen LogP) is 2.75. The molecule has 0 unspecified atom stereocenters. The van der Waals surface area contributed by atoms with Crippen LogP contribution in [-0.2, 0) is 16.0 Å². The van der Waals surface area contributed by atoms with Crippen LogP contribution in [0, 0.1) is 0 Å². The first-order valence-corrected chi connectivity index (χ1v) is 8.78. The van der Waals surface area contributed by atoms with Crippen LogP contribution in [0.4, 0.5) is 13.2 Å². The van der Waals surface area contributed by atoms with Crippen molar-refractivity contribution >= 4 is 9.84 Å². The zero-order valence-electron chi connectivity index (χ0n) is 12.8. The zero-order valence-corrected chi connectivity index (χ0v) is 13.6. The van der Waals surface area contributed by atoms with E-state index in [1.54, 1.807) is 0 Å². The van der Waals surface area contributed by atoms with Crippen molar-refractivity contribution in [2.45, 2.75) is 11.1 Å². The first kappa shape index (κ1) is 17.1. The molecule has 0 fully saturated rings. The van der Waals surface area contributed by atoms with Gasteiger partial charge < -0.3 is 0 Å². The van der Waals surface area contributed by atoms with Crippen molar-refractivity contribution in [3.63, 3.8) is 0 Å². The minimum atomic E-state index is -4.62. The van der Waals surface area contributed by atoms with Gasteiger partial charge in [-0.15, -0.1) is 0 Å². The van der Waals surface area contributed by atoms with Crippen molar-refractivity contribution in [1.82, 2.24) is 19.5 Å². The normalized spacial score (nSPS) is 12.3. The van der Waals surface area contributed by atoms with Gasteiger partial charge in [0.15, 0.2) is 15.5 Å². The topological polar surface area (TPSA) is 77.7 Å². The lowest BCUT2D eigenvalue weighted by molar-refractivity contribution is -0.140. The number of nitrogens with zero attached hydrogens (tertiary/aromatic N) is 4. The molecule has 0 N–H and O–H groups in total. The fraction of sp³-hybridized carbons (Fsp3) is 0.133. The summed E-state index contributed by atoms with van der Waals surface area (Å²) in [6, 6.07) is 5.46. The third kappa shape index (κ3) is 3.53. The van der Waals surface area contributed by atoms with E-state index in [1.165, 1.54) is 47.6 Å². The fourth-order valence-corrected chi connectivity index (χ4v) is 2.82. The van der Waals surface area contributed by atoms with E-state index in [0.717, 1.165) is 12.5 Å². The van der Waals surface area contributed by atoms with Crippen LogP contribution in [0.5, 0.6) is 0 Å². The molecule has 25 heavy (non-hydrogen) atoms. The van der Waals surface area contributed by atoms with E-state index in [0.29, 0.717) is 11.3 Å². The average molecular weight is 368 g/mol. The molecular weight excluding hydrogens is 357 g/mol. The highest BCUT2D eigenvalue weighted by Crippen LogP contribution is 2.32. The summed E-state index contributed by atoms with van der Waals surface area (Å²) in [6.07, 6.45) is 1.21. The second-order valence-corrected chi connectivity index (χ2v) is 7.23. The summed E-state index contributed by atoms with van der Waals surface area (Å²) in [6.45, 7) is 0. The van der Waals surface area contributed by atoms with Gasteiger partial charge in [0.05, 0.1) is 10.5 Å². The van der Waals surface area contributed by atoms with E-state index < -0.39 is 21.7 Å². The van der Waals surface area contributed by atoms with Crippen LogP contribution in [0.2, 0.25) is 0 Å². The molecule has 0 saturated carbocycles. The van der Waals surface area contributed by atoms with Gasteiger partial charge in [-0.05, 0) is 24.3 Å². The predicted molar refractivity (Wildman–Crippen MR) is 82.7 cm³/mol. The number of alkyl halides is 3. The molecule has 2 heterocycles. The maximum atomic E-state index is 13.0. The van der Waals surface area contributed by atoms with E-state index in [4.69, 9.17) is 0 Å². The third-order valence-corrected chi connectivity index (χ3v) is 4.49. The summed E-state index contributed by atoms with van der Waals surface area (Å²) in [4.78, 5) is 11.3. The van der Waals surface area contributed by atoms with Crippen LogP contribution >= 0.6 is 0 Å². The molecule has 0 radical (unpaired) electrons. The van der Waals surface area contributed by atoms with Crippen LogP contribution in [0.1, 0.15) is 5.69 Å². The van der Waals surface area contributed by atoms with Gasteiger partial charge in [0.1, 0.15) is 12.2 Å².